The van der Waals surface area contributed by atoms with E-state index < -0.39 is 17.5 Å². The molecule has 4 N–H and O–H groups in total. The lowest BCUT2D eigenvalue weighted by Crippen LogP contribution is -2.46. The minimum absolute atomic E-state index is 0.0766. The lowest BCUT2D eigenvalue weighted by Gasteiger charge is -2.34. The first kappa shape index (κ1) is 32.6. The summed E-state index contributed by atoms with van der Waals surface area (Å²) in [4.78, 5) is 31.6. The number of aromatic hydroxyl groups is 1. The van der Waals surface area contributed by atoms with Crippen molar-refractivity contribution in [1.29, 1.82) is 0 Å². The molecule has 1 aliphatic heterocycles. The fraction of sp³-hybridized carbons (Fsp3) is 0.282. The Kier molecular flexibility index (Phi) is 9.13. The number of hydrogen-bond donors (Lipinski definition) is 4. The number of alkyl carbamates (subject to hydrolysis) is 1. The number of carbonyl (C=O) groups is 2. The molecule has 1 aliphatic rings. The normalized spacial score (nSPS) is 14.5. The molecule has 5 aromatic rings. The second-order valence-corrected chi connectivity index (χ2v) is 13.5. The number of H-pyrrole nitrogens is 1. The van der Waals surface area contributed by atoms with E-state index in [-0.39, 0.29) is 29.4 Å². The monoisotopic (exact) mass is 648 g/mol. The molecule has 2 heterocycles. The molecule has 9 heteroatoms. The standard InChI is InChI=1S/C39H41FN4O4/c1-24-19-27(25-9-12-31(13-10-25)44-17-15-30(16-18-44)41-38(47)48-39(2,3)4)21-28(20-24)37(46)43-36(32-23-29(40)11-14-35(32)45)34-22-26-7-5-6-8-33(26)42-34/h5-14,19-23,30,36,42,45H,15-18H2,1-4H3,(H,41,47)(H,43,46)/t36-/m1/s1. The molecule has 8 nitrogen and oxygen atoms in total. The van der Waals surface area contributed by atoms with Gasteiger partial charge in [-0.1, -0.05) is 36.4 Å². The molecular formula is C39H41FN4O4. The molecule has 2 amide bonds. The number of hydrogen-bond acceptors (Lipinski definition) is 5. The third kappa shape index (κ3) is 7.62. The first-order chi connectivity index (χ1) is 22.9. The van der Waals surface area contributed by atoms with Gasteiger partial charge in [-0.2, -0.15) is 0 Å². The number of benzene rings is 4. The molecular weight excluding hydrogens is 607 g/mol. The fourth-order valence-electron chi connectivity index (χ4n) is 6.25. The van der Waals surface area contributed by atoms with Crippen LogP contribution in [0.2, 0.25) is 0 Å². The van der Waals surface area contributed by atoms with Crippen molar-refractivity contribution in [3.8, 4) is 16.9 Å². The predicted octanol–water partition coefficient (Wildman–Crippen LogP) is 8.00. The van der Waals surface area contributed by atoms with Crippen LogP contribution in [0.3, 0.4) is 0 Å². The maximum atomic E-state index is 14.4. The van der Waals surface area contributed by atoms with Crippen molar-refractivity contribution < 1.29 is 23.8 Å². The minimum atomic E-state index is -0.827. The summed E-state index contributed by atoms with van der Waals surface area (Å²) in [5.74, 6) is -0.984. The van der Waals surface area contributed by atoms with Crippen LogP contribution in [0.1, 0.15) is 66.8 Å². The molecule has 1 atom stereocenters. The Bertz CT molecular complexity index is 1910. The predicted molar refractivity (Wildman–Crippen MR) is 187 cm³/mol. The number of aryl methyl sites for hydroxylation is 1. The summed E-state index contributed by atoms with van der Waals surface area (Å²) in [6.45, 7) is 9.13. The van der Waals surface area contributed by atoms with E-state index in [4.69, 9.17) is 4.74 Å². The van der Waals surface area contributed by atoms with E-state index >= 15 is 0 Å². The maximum absolute atomic E-state index is 14.4. The van der Waals surface area contributed by atoms with E-state index in [1.807, 2.05) is 76.2 Å². The van der Waals surface area contributed by atoms with Crippen molar-refractivity contribution in [3.05, 3.63) is 119 Å². The topological polar surface area (TPSA) is 107 Å². The molecule has 0 radical (unpaired) electrons. The molecule has 6 rings (SSSR count). The Morgan fingerprint density at radius 1 is 0.938 bits per heavy atom. The zero-order valence-electron chi connectivity index (χ0n) is 27.6. The minimum Gasteiger partial charge on any atom is -0.508 e. The lowest BCUT2D eigenvalue weighted by atomic mass is 9.98. The number of nitrogens with zero attached hydrogens (tertiary/aromatic N) is 1. The van der Waals surface area contributed by atoms with Gasteiger partial charge in [-0.15, -0.1) is 0 Å². The van der Waals surface area contributed by atoms with Crippen LogP contribution in [-0.4, -0.2) is 46.8 Å². The number of phenolic OH excluding ortho intramolecular Hbond substituents is 1. The lowest BCUT2D eigenvalue weighted by molar-refractivity contribution is 0.0497. The highest BCUT2D eigenvalue weighted by Crippen LogP contribution is 2.33. The van der Waals surface area contributed by atoms with Crippen molar-refractivity contribution >= 4 is 28.6 Å². The van der Waals surface area contributed by atoms with E-state index in [1.165, 1.54) is 18.2 Å². The quantitative estimate of drug-likeness (QED) is 0.143. The van der Waals surface area contributed by atoms with Crippen molar-refractivity contribution in [2.45, 2.75) is 58.2 Å². The third-order valence-corrected chi connectivity index (χ3v) is 8.56. The van der Waals surface area contributed by atoms with Crippen molar-refractivity contribution in [2.24, 2.45) is 0 Å². The molecule has 1 fully saturated rings. The number of aromatic nitrogens is 1. The van der Waals surface area contributed by atoms with Crippen molar-refractivity contribution in [2.75, 3.05) is 18.0 Å². The van der Waals surface area contributed by atoms with Gasteiger partial charge in [0.05, 0.1) is 6.04 Å². The number of phenols is 1. The Labute approximate surface area is 279 Å². The molecule has 0 unspecified atom stereocenters. The smallest absolute Gasteiger partial charge is 0.407 e. The molecule has 0 saturated carbocycles. The maximum Gasteiger partial charge on any atom is 0.407 e. The zero-order valence-corrected chi connectivity index (χ0v) is 27.6. The largest absolute Gasteiger partial charge is 0.508 e. The summed E-state index contributed by atoms with van der Waals surface area (Å²) in [6.07, 6.45) is 1.27. The first-order valence-electron chi connectivity index (χ1n) is 16.3. The number of ether oxygens (including phenoxy) is 1. The van der Waals surface area contributed by atoms with Gasteiger partial charge in [0, 0.05) is 47.2 Å². The number of anilines is 1. The van der Waals surface area contributed by atoms with Crippen molar-refractivity contribution in [1.82, 2.24) is 15.6 Å². The van der Waals surface area contributed by atoms with Crippen LogP contribution >= 0.6 is 0 Å². The number of aromatic amines is 1. The number of piperidine rings is 1. The van der Waals surface area contributed by atoms with Crippen molar-refractivity contribution in [3.63, 3.8) is 0 Å². The molecule has 0 aliphatic carbocycles. The molecule has 248 valence electrons. The van der Waals surface area contributed by atoms with Gasteiger partial charge in [0.1, 0.15) is 17.2 Å². The number of nitrogens with one attached hydrogen (secondary N) is 3. The van der Waals surface area contributed by atoms with Gasteiger partial charge in [0.25, 0.3) is 5.91 Å². The molecule has 48 heavy (non-hydrogen) atoms. The van der Waals surface area contributed by atoms with Crippen LogP contribution in [0, 0.1) is 12.7 Å². The van der Waals surface area contributed by atoms with Crippen LogP contribution in [0.5, 0.6) is 5.75 Å². The highest BCUT2D eigenvalue weighted by atomic mass is 19.1. The van der Waals surface area contributed by atoms with Crippen LogP contribution in [0.25, 0.3) is 22.0 Å². The highest BCUT2D eigenvalue weighted by Gasteiger charge is 2.25. The van der Waals surface area contributed by atoms with Crippen LogP contribution in [0.4, 0.5) is 14.9 Å². The number of halogens is 1. The van der Waals surface area contributed by atoms with E-state index in [2.05, 4.69) is 44.8 Å². The van der Waals surface area contributed by atoms with Gasteiger partial charge >= 0.3 is 6.09 Å². The fourth-order valence-corrected chi connectivity index (χ4v) is 6.25. The van der Waals surface area contributed by atoms with Crippen LogP contribution < -0.4 is 15.5 Å². The second kappa shape index (κ2) is 13.4. The van der Waals surface area contributed by atoms with Gasteiger partial charge in [-0.25, -0.2) is 9.18 Å². The number of fused-ring (bicyclic) bond motifs is 1. The first-order valence-corrected chi connectivity index (χ1v) is 16.3. The number of para-hydroxylation sites is 1. The highest BCUT2D eigenvalue weighted by molar-refractivity contribution is 5.96. The SMILES string of the molecule is Cc1cc(C(=O)N[C@@H](c2cc3ccccc3[nH]2)c2cc(F)ccc2O)cc(-c2ccc(N3CCC(NC(=O)OC(C)(C)C)CC3)cc2)c1. The molecule has 0 bridgehead atoms. The van der Waals surface area contributed by atoms with Gasteiger partial charge in [-0.05, 0) is 117 Å². The summed E-state index contributed by atoms with van der Waals surface area (Å²) in [6, 6.07) is 26.5. The Balaban J connectivity index is 1.18. The number of rotatable bonds is 7. The van der Waals surface area contributed by atoms with E-state index in [0.29, 0.717) is 11.3 Å². The summed E-state index contributed by atoms with van der Waals surface area (Å²) in [5.41, 5.74) is 5.53. The van der Waals surface area contributed by atoms with E-state index in [1.54, 1.807) is 0 Å². The van der Waals surface area contributed by atoms with E-state index in [9.17, 15) is 19.1 Å². The van der Waals surface area contributed by atoms with Gasteiger partial charge < -0.3 is 30.4 Å². The number of amides is 2. The molecule has 1 saturated heterocycles. The van der Waals surface area contributed by atoms with Crippen LogP contribution in [0.15, 0.2) is 91.0 Å². The van der Waals surface area contributed by atoms with E-state index in [0.717, 1.165) is 59.2 Å². The van der Waals surface area contributed by atoms with Crippen LogP contribution in [-0.2, 0) is 4.74 Å². The summed E-state index contributed by atoms with van der Waals surface area (Å²) < 4.78 is 19.8. The Morgan fingerprint density at radius 2 is 1.67 bits per heavy atom. The second-order valence-electron chi connectivity index (χ2n) is 13.5. The number of carbonyl (C=O) groups excluding carboxylic acids is 2. The third-order valence-electron chi connectivity index (χ3n) is 8.56. The molecule has 0 spiro atoms. The van der Waals surface area contributed by atoms with Gasteiger partial charge in [0.15, 0.2) is 0 Å². The average Bonchev–Trinajstić information content (AvgIpc) is 3.48. The zero-order chi connectivity index (χ0) is 34.0. The summed E-state index contributed by atoms with van der Waals surface area (Å²) in [5, 5.41) is 17.7. The van der Waals surface area contributed by atoms with Gasteiger partial charge in [-0.3, -0.25) is 4.79 Å². The van der Waals surface area contributed by atoms with Gasteiger partial charge in [0.2, 0.25) is 0 Å². The molecule has 4 aromatic carbocycles. The average molecular weight is 649 g/mol. The Morgan fingerprint density at radius 3 is 2.38 bits per heavy atom. The molecule has 1 aromatic heterocycles. The Hall–Kier alpha value is -5.31. The summed E-state index contributed by atoms with van der Waals surface area (Å²) in [7, 11) is 0. The summed E-state index contributed by atoms with van der Waals surface area (Å²) >= 11 is 0.